The van der Waals surface area contributed by atoms with E-state index in [0.717, 1.165) is 20.5 Å². The van der Waals surface area contributed by atoms with Gasteiger partial charge in [-0.15, -0.1) is 11.3 Å². The molecule has 2 aromatic rings. The Labute approximate surface area is 148 Å². The summed E-state index contributed by atoms with van der Waals surface area (Å²) in [5.41, 5.74) is 0.657. The van der Waals surface area contributed by atoms with Crippen LogP contribution < -0.4 is 56.1 Å². The molecule has 2 rings (SSSR count). The van der Waals surface area contributed by atoms with Crippen molar-refractivity contribution in [2.24, 2.45) is 0 Å². The minimum Gasteiger partial charge on any atom is -1.00 e. The summed E-state index contributed by atoms with van der Waals surface area (Å²) < 4.78 is 6.67. The summed E-state index contributed by atoms with van der Waals surface area (Å²) >= 11 is 4.45. The number of aromatic nitrogens is 1. The van der Waals surface area contributed by atoms with Gasteiger partial charge in [-0.25, -0.2) is 9.78 Å². The van der Waals surface area contributed by atoms with Gasteiger partial charge in [0, 0.05) is 6.07 Å². The molecule has 0 saturated heterocycles. The number of thiazole rings is 1. The van der Waals surface area contributed by atoms with Crippen LogP contribution in [0, 0.1) is 0 Å². The molecule has 0 aliphatic rings. The first-order valence-corrected chi connectivity index (χ1v) is 5.60. The second-order valence-electron chi connectivity index (χ2n) is 2.78. The Morgan fingerprint density at radius 1 is 1.62 bits per heavy atom. The molecular formula is C9H7BrKNO3S. The average Bonchev–Trinajstić information content (AvgIpc) is 2.59. The van der Waals surface area contributed by atoms with E-state index in [9.17, 15) is 4.79 Å². The summed E-state index contributed by atoms with van der Waals surface area (Å²) in [5, 5.41) is 8.87. The summed E-state index contributed by atoms with van der Waals surface area (Å²) in [4.78, 5) is 14.7. The van der Waals surface area contributed by atoms with Crippen LogP contribution in [0.5, 0.6) is 5.75 Å². The third-order valence-corrected chi connectivity index (χ3v) is 3.47. The zero-order valence-corrected chi connectivity index (χ0v) is 14.2. The number of carboxylic acid groups (broad SMARTS) is 1. The minimum absolute atomic E-state index is 0. The average molecular weight is 328 g/mol. The van der Waals surface area contributed by atoms with Crippen LogP contribution in [0.2, 0.25) is 0 Å². The summed E-state index contributed by atoms with van der Waals surface area (Å²) in [6, 6.07) is 3.51. The Balaban J connectivity index is 0.00000128. The van der Waals surface area contributed by atoms with Crippen LogP contribution in [0.15, 0.2) is 16.6 Å². The molecular weight excluding hydrogens is 321 g/mol. The van der Waals surface area contributed by atoms with E-state index in [4.69, 9.17) is 9.84 Å². The fourth-order valence-electron chi connectivity index (χ4n) is 1.18. The van der Waals surface area contributed by atoms with Gasteiger partial charge >= 0.3 is 57.4 Å². The molecule has 1 aromatic carbocycles. The topological polar surface area (TPSA) is 59.4 Å². The van der Waals surface area contributed by atoms with Crippen LogP contribution in [0.3, 0.4) is 0 Å². The van der Waals surface area contributed by atoms with Crippen molar-refractivity contribution in [1.29, 1.82) is 0 Å². The molecule has 0 bridgehead atoms. The molecule has 0 aliphatic carbocycles. The predicted molar refractivity (Wildman–Crippen MR) is 61.9 cm³/mol. The first kappa shape index (κ1) is 14.6. The second kappa shape index (κ2) is 5.90. The van der Waals surface area contributed by atoms with Gasteiger partial charge in [0.15, 0.2) is 0 Å². The van der Waals surface area contributed by atoms with Gasteiger partial charge < -0.3 is 11.3 Å². The molecule has 1 aromatic heterocycles. The predicted octanol–water partition coefficient (Wildman–Crippen LogP) is -0.118. The summed E-state index contributed by atoms with van der Waals surface area (Å²) in [7, 11) is 1.56. The SMILES string of the molecule is COc1cc2sc(C(=O)O)nc2cc1Br.[H-].[K+]. The zero-order valence-electron chi connectivity index (χ0n) is 9.65. The van der Waals surface area contributed by atoms with Crippen LogP contribution in [-0.2, 0) is 0 Å². The van der Waals surface area contributed by atoms with E-state index < -0.39 is 5.97 Å². The number of rotatable bonds is 2. The van der Waals surface area contributed by atoms with Crippen molar-refractivity contribution in [2.45, 2.75) is 0 Å². The Hall–Kier alpha value is 0.496. The Kier molecular flexibility index (Phi) is 5.37. The van der Waals surface area contributed by atoms with Crippen molar-refractivity contribution in [3.05, 3.63) is 21.6 Å². The maximum absolute atomic E-state index is 10.7. The zero-order chi connectivity index (χ0) is 11.0. The van der Waals surface area contributed by atoms with Crippen LogP contribution in [0.25, 0.3) is 10.2 Å². The number of hydrogen-bond donors (Lipinski definition) is 1. The summed E-state index contributed by atoms with van der Waals surface area (Å²) in [5.74, 6) is -0.339. The van der Waals surface area contributed by atoms with Crippen LogP contribution in [-0.4, -0.2) is 23.2 Å². The molecule has 0 fully saturated rings. The van der Waals surface area contributed by atoms with Crippen molar-refractivity contribution in [3.63, 3.8) is 0 Å². The quantitative estimate of drug-likeness (QED) is 0.781. The maximum atomic E-state index is 10.7. The van der Waals surface area contributed by atoms with Crippen molar-refractivity contribution < 1.29 is 67.4 Å². The molecule has 0 amide bonds. The number of halogens is 1. The fourth-order valence-corrected chi connectivity index (χ4v) is 2.49. The molecule has 4 nitrogen and oxygen atoms in total. The van der Waals surface area contributed by atoms with E-state index in [1.807, 2.05) is 0 Å². The third kappa shape index (κ3) is 2.84. The third-order valence-electron chi connectivity index (χ3n) is 1.84. The Bertz CT molecular complexity index is 548. The summed E-state index contributed by atoms with van der Waals surface area (Å²) in [6.45, 7) is 0. The number of hydrogen-bond acceptors (Lipinski definition) is 4. The van der Waals surface area contributed by atoms with Gasteiger partial charge in [0.25, 0.3) is 0 Å². The van der Waals surface area contributed by atoms with Crippen LogP contribution in [0.1, 0.15) is 11.2 Å². The van der Waals surface area contributed by atoms with Crippen molar-refractivity contribution in [3.8, 4) is 5.75 Å². The normalized spacial score (nSPS) is 9.88. The molecule has 0 aliphatic heterocycles. The van der Waals surface area contributed by atoms with Gasteiger partial charge in [0.2, 0.25) is 5.01 Å². The number of aromatic carboxylic acids is 1. The number of nitrogens with zero attached hydrogens (tertiary/aromatic N) is 1. The van der Waals surface area contributed by atoms with Gasteiger partial charge in [-0.1, -0.05) is 0 Å². The van der Waals surface area contributed by atoms with Crippen molar-refractivity contribution in [2.75, 3.05) is 7.11 Å². The van der Waals surface area contributed by atoms with Crippen LogP contribution >= 0.6 is 27.3 Å². The number of methoxy groups -OCH3 is 1. The number of carbonyl (C=O) groups is 1. The van der Waals surface area contributed by atoms with Crippen molar-refractivity contribution in [1.82, 2.24) is 4.98 Å². The van der Waals surface area contributed by atoms with E-state index in [2.05, 4.69) is 20.9 Å². The minimum atomic E-state index is -1.01. The Morgan fingerprint density at radius 2 is 2.31 bits per heavy atom. The molecule has 80 valence electrons. The van der Waals surface area contributed by atoms with Gasteiger partial charge in [-0.2, -0.15) is 0 Å². The molecule has 0 spiro atoms. The van der Waals surface area contributed by atoms with Gasteiger partial charge in [0.05, 0.1) is 21.8 Å². The summed E-state index contributed by atoms with van der Waals surface area (Å²) in [6.07, 6.45) is 0. The van der Waals surface area contributed by atoms with E-state index in [-0.39, 0.29) is 57.8 Å². The molecule has 0 saturated carbocycles. The molecule has 1 N–H and O–H groups in total. The van der Waals surface area contributed by atoms with E-state index in [0.29, 0.717) is 11.3 Å². The molecule has 0 atom stereocenters. The van der Waals surface area contributed by atoms with Gasteiger partial charge in [-0.05, 0) is 22.0 Å². The van der Waals surface area contributed by atoms with E-state index >= 15 is 0 Å². The van der Waals surface area contributed by atoms with Crippen LogP contribution in [0.4, 0.5) is 0 Å². The molecule has 7 heteroatoms. The number of carboxylic acids is 1. The van der Waals surface area contributed by atoms with Crippen molar-refractivity contribution >= 4 is 43.5 Å². The first-order valence-electron chi connectivity index (χ1n) is 3.99. The van der Waals surface area contributed by atoms with Gasteiger partial charge in [0.1, 0.15) is 5.75 Å². The maximum Gasteiger partial charge on any atom is 1.00 e. The Morgan fingerprint density at radius 3 is 2.88 bits per heavy atom. The first-order chi connectivity index (χ1) is 7.11. The standard InChI is InChI=1S/C9H6BrNO3S.K.H/c1-14-6-3-7-5(2-4(6)10)11-8(15-7)9(12)13;;/h2-3H,1H3,(H,12,13);;/q;+1;-1. The molecule has 16 heavy (non-hydrogen) atoms. The fraction of sp³-hybridized carbons (Fsp3) is 0.111. The molecule has 0 radical (unpaired) electrons. The number of benzene rings is 1. The second-order valence-corrected chi connectivity index (χ2v) is 4.66. The molecule has 1 heterocycles. The number of fused-ring (bicyclic) bond motifs is 1. The van der Waals surface area contributed by atoms with E-state index in [1.165, 1.54) is 0 Å². The van der Waals surface area contributed by atoms with Gasteiger partial charge in [-0.3, -0.25) is 0 Å². The molecule has 0 unspecified atom stereocenters. The monoisotopic (exact) mass is 327 g/mol. The smallest absolute Gasteiger partial charge is 1.00 e. The number of ether oxygens (including phenoxy) is 1. The largest absolute Gasteiger partial charge is 1.00 e. The van der Waals surface area contributed by atoms with E-state index in [1.54, 1.807) is 19.2 Å².